The number of aromatic amines is 1. The highest BCUT2D eigenvalue weighted by molar-refractivity contribution is 6.35. The van der Waals surface area contributed by atoms with Gasteiger partial charge in [0.25, 0.3) is 0 Å². The lowest BCUT2D eigenvalue weighted by molar-refractivity contribution is -0.354. The number of para-hydroxylation sites is 1. The molecular formula is C10H9ClN+. The van der Waals surface area contributed by atoms with E-state index in [2.05, 4.69) is 4.98 Å². The molecule has 0 aliphatic carbocycles. The maximum atomic E-state index is 6.04. The topological polar surface area (TPSA) is 14.1 Å². The first-order valence-corrected chi connectivity index (χ1v) is 4.22. The minimum Gasteiger partial charge on any atom is -0.209 e. The van der Waals surface area contributed by atoms with Crippen LogP contribution in [0.4, 0.5) is 0 Å². The molecule has 1 aromatic heterocycles. The lowest BCUT2D eigenvalue weighted by Gasteiger charge is -1.94. The second-order valence-corrected chi connectivity index (χ2v) is 3.25. The largest absolute Gasteiger partial charge is 0.212 e. The number of hydrogen-bond acceptors (Lipinski definition) is 0. The van der Waals surface area contributed by atoms with E-state index < -0.39 is 0 Å². The molecule has 0 atom stereocenters. The highest BCUT2D eigenvalue weighted by atomic mass is 35.5. The summed E-state index contributed by atoms with van der Waals surface area (Å²) in [6, 6.07) is 9.94. The predicted molar refractivity (Wildman–Crippen MR) is 50.3 cm³/mol. The van der Waals surface area contributed by atoms with Gasteiger partial charge in [-0.2, -0.15) is 0 Å². The van der Waals surface area contributed by atoms with Gasteiger partial charge in [-0.1, -0.05) is 23.7 Å². The van der Waals surface area contributed by atoms with Crippen LogP contribution in [0.25, 0.3) is 10.9 Å². The van der Waals surface area contributed by atoms with Gasteiger partial charge in [0.05, 0.1) is 10.4 Å². The van der Waals surface area contributed by atoms with Crippen molar-refractivity contribution >= 4 is 22.5 Å². The lowest BCUT2D eigenvalue weighted by atomic mass is 10.2. The smallest absolute Gasteiger partial charge is 0.209 e. The summed E-state index contributed by atoms with van der Waals surface area (Å²) in [6.45, 7) is 2.00. The number of aryl methyl sites for hydroxylation is 1. The zero-order valence-corrected chi connectivity index (χ0v) is 7.52. The van der Waals surface area contributed by atoms with Gasteiger partial charge in [0, 0.05) is 19.1 Å². The molecule has 0 radical (unpaired) electrons. The minimum atomic E-state index is 0.807. The minimum absolute atomic E-state index is 0.807. The van der Waals surface area contributed by atoms with Crippen molar-refractivity contribution in [3.05, 3.63) is 41.0 Å². The van der Waals surface area contributed by atoms with Crippen molar-refractivity contribution < 1.29 is 4.98 Å². The molecule has 0 unspecified atom stereocenters. The summed E-state index contributed by atoms with van der Waals surface area (Å²) in [6.07, 6.45) is 0. The van der Waals surface area contributed by atoms with Crippen molar-refractivity contribution in [1.29, 1.82) is 0 Å². The molecule has 1 N–H and O–H groups in total. The van der Waals surface area contributed by atoms with Crippen molar-refractivity contribution in [2.75, 3.05) is 0 Å². The standard InChI is InChI=1S/C10H8ClN/c1-7-6-9(11)8-4-2-3-5-10(8)12-7/h2-6H,1H3/p+1. The summed E-state index contributed by atoms with van der Waals surface area (Å²) < 4.78 is 0. The van der Waals surface area contributed by atoms with E-state index in [1.54, 1.807) is 0 Å². The van der Waals surface area contributed by atoms with E-state index in [1.165, 1.54) is 0 Å². The first kappa shape index (κ1) is 7.56. The van der Waals surface area contributed by atoms with Crippen LogP contribution in [0.2, 0.25) is 5.02 Å². The molecule has 0 saturated carbocycles. The summed E-state index contributed by atoms with van der Waals surface area (Å²) in [4.78, 5) is 3.25. The average molecular weight is 179 g/mol. The van der Waals surface area contributed by atoms with Crippen LogP contribution in [0.15, 0.2) is 30.3 Å². The van der Waals surface area contributed by atoms with Gasteiger partial charge < -0.3 is 0 Å². The van der Waals surface area contributed by atoms with Gasteiger partial charge in [0.15, 0.2) is 5.69 Å². The van der Waals surface area contributed by atoms with Crippen LogP contribution >= 0.6 is 11.6 Å². The summed E-state index contributed by atoms with van der Waals surface area (Å²) in [5.74, 6) is 0. The number of nitrogens with one attached hydrogen (secondary N) is 1. The van der Waals surface area contributed by atoms with E-state index in [9.17, 15) is 0 Å². The molecule has 12 heavy (non-hydrogen) atoms. The quantitative estimate of drug-likeness (QED) is 0.589. The second-order valence-electron chi connectivity index (χ2n) is 2.85. The van der Waals surface area contributed by atoms with E-state index in [-0.39, 0.29) is 0 Å². The fraction of sp³-hybridized carbons (Fsp3) is 0.100. The number of aromatic nitrogens is 1. The third-order valence-corrected chi connectivity index (χ3v) is 2.17. The molecule has 2 heteroatoms. The molecule has 2 rings (SSSR count). The SMILES string of the molecule is Cc1cc(Cl)c2ccccc2[nH+]1. The van der Waals surface area contributed by atoms with E-state index in [0.717, 1.165) is 21.6 Å². The summed E-state index contributed by atoms with van der Waals surface area (Å²) in [5.41, 5.74) is 2.17. The summed E-state index contributed by atoms with van der Waals surface area (Å²) in [5, 5.41) is 1.88. The Morgan fingerprint density at radius 3 is 2.83 bits per heavy atom. The molecule has 0 aliphatic heterocycles. The van der Waals surface area contributed by atoms with E-state index in [0.29, 0.717) is 0 Å². The van der Waals surface area contributed by atoms with Crippen molar-refractivity contribution in [2.45, 2.75) is 6.92 Å². The number of rotatable bonds is 0. The number of benzene rings is 1. The normalized spacial score (nSPS) is 10.5. The Morgan fingerprint density at radius 2 is 2.00 bits per heavy atom. The second kappa shape index (κ2) is 2.76. The third-order valence-electron chi connectivity index (χ3n) is 1.86. The van der Waals surface area contributed by atoms with Gasteiger partial charge in [-0.25, -0.2) is 4.98 Å². The molecule has 0 bridgehead atoms. The fourth-order valence-electron chi connectivity index (χ4n) is 1.32. The Labute approximate surface area is 76.0 Å². The number of hydrogen-bond donors (Lipinski definition) is 0. The summed E-state index contributed by atoms with van der Waals surface area (Å²) in [7, 11) is 0. The van der Waals surface area contributed by atoms with Crippen LogP contribution in [-0.2, 0) is 0 Å². The maximum Gasteiger partial charge on any atom is 0.212 e. The molecule has 0 saturated heterocycles. The Hall–Kier alpha value is -1.08. The van der Waals surface area contributed by atoms with Crippen molar-refractivity contribution in [1.82, 2.24) is 0 Å². The number of pyridine rings is 1. The van der Waals surface area contributed by atoms with Crippen LogP contribution in [0.3, 0.4) is 0 Å². The van der Waals surface area contributed by atoms with Crippen LogP contribution in [0, 0.1) is 6.92 Å². The molecular weight excluding hydrogens is 170 g/mol. The zero-order chi connectivity index (χ0) is 8.55. The molecule has 0 spiro atoms. The number of fused-ring (bicyclic) bond motifs is 1. The maximum absolute atomic E-state index is 6.04. The first-order chi connectivity index (χ1) is 5.77. The van der Waals surface area contributed by atoms with E-state index in [4.69, 9.17) is 11.6 Å². The monoisotopic (exact) mass is 178 g/mol. The molecule has 60 valence electrons. The van der Waals surface area contributed by atoms with Gasteiger partial charge in [0.1, 0.15) is 0 Å². The molecule has 1 aromatic carbocycles. The molecule has 0 amide bonds. The van der Waals surface area contributed by atoms with Gasteiger partial charge in [-0.3, -0.25) is 0 Å². The fourth-order valence-corrected chi connectivity index (χ4v) is 1.65. The van der Waals surface area contributed by atoms with Crippen LogP contribution in [-0.4, -0.2) is 0 Å². The van der Waals surface area contributed by atoms with Gasteiger partial charge in [-0.15, -0.1) is 0 Å². The highest BCUT2D eigenvalue weighted by Gasteiger charge is 2.05. The Bertz CT molecular complexity index is 423. The van der Waals surface area contributed by atoms with Crippen LogP contribution in [0.5, 0.6) is 0 Å². The Morgan fingerprint density at radius 1 is 1.25 bits per heavy atom. The molecule has 1 heterocycles. The lowest BCUT2D eigenvalue weighted by Crippen LogP contribution is -2.07. The van der Waals surface area contributed by atoms with E-state index >= 15 is 0 Å². The zero-order valence-electron chi connectivity index (χ0n) is 6.76. The number of halogens is 1. The molecule has 0 fully saturated rings. The highest BCUT2D eigenvalue weighted by Crippen LogP contribution is 2.19. The van der Waals surface area contributed by atoms with Crippen molar-refractivity contribution in [2.24, 2.45) is 0 Å². The average Bonchev–Trinajstić information content (AvgIpc) is 2.04. The van der Waals surface area contributed by atoms with Gasteiger partial charge in [0.2, 0.25) is 5.52 Å². The van der Waals surface area contributed by atoms with Crippen molar-refractivity contribution in [3.63, 3.8) is 0 Å². The molecule has 2 aromatic rings. The third kappa shape index (κ3) is 1.16. The van der Waals surface area contributed by atoms with Gasteiger partial charge >= 0.3 is 0 Å². The molecule has 1 nitrogen and oxygen atoms in total. The van der Waals surface area contributed by atoms with Crippen LogP contribution < -0.4 is 4.98 Å². The molecule has 0 aliphatic rings. The van der Waals surface area contributed by atoms with Crippen LogP contribution in [0.1, 0.15) is 5.69 Å². The van der Waals surface area contributed by atoms with Crippen molar-refractivity contribution in [3.8, 4) is 0 Å². The predicted octanol–water partition coefficient (Wildman–Crippen LogP) is 2.62. The number of H-pyrrole nitrogens is 1. The summed E-state index contributed by atoms with van der Waals surface area (Å²) >= 11 is 6.04. The van der Waals surface area contributed by atoms with Gasteiger partial charge in [-0.05, 0) is 6.07 Å². The van der Waals surface area contributed by atoms with E-state index in [1.807, 2.05) is 37.3 Å². The first-order valence-electron chi connectivity index (χ1n) is 3.84. The Balaban J connectivity index is 2.89. The Kier molecular flexibility index (Phi) is 1.74.